The maximum atomic E-state index is 12.1. The van der Waals surface area contributed by atoms with E-state index in [-0.39, 0.29) is 5.56 Å². The fourth-order valence-electron chi connectivity index (χ4n) is 2.82. The molecular weight excluding hydrogens is 252 g/mol. The molecule has 0 radical (unpaired) electrons. The molecular formula is C15H20N4O. The minimum absolute atomic E-state index is 0.120. The van der Waals surface area contributed by atoms with E-state index in [1.54, 1.807) is 18.2 Å². The lowest BCUT2D eigenvalue weighted by Crippen LogP contribution is -2.26. The van der Waals surface area contributed by atoms with Gasteiger partial charge in [0.05, 0.1) is 10.9 Å². The second-order valence-corrected chi connectivity index (χ2v) is 5.90. The molecule has 3 rings (SSSR count). The highest BCUT2D eigenvalue weighted by Gasteiger charge is 2.26. The van der Waals surface area contributed by atoms with Crippen LogP contribution in [0.4, 0.5) is 11.6 Å². The zero-order valence-corrected chi connectivity index (χ0v) is 11.9. The minimum Gasteiger partial charge on any atom is -0.399 e. The van der Waals surface area contributed by atoms with Crippen LogP contribution in [0.1, 0.15) is 20.3 Å². The van der Waals surface area contributed by atoms with E-state index >= 15 is 0 Å². The molecule has 1 aromatic heterocycles. The summed E-state index contributed by atoms with van der Waals surface area (Å²) >= 11 is 0. The first-order valence-electron chi connectivity index (χ1n) is 7.09. The van der Waals surface area contributed by atoms with Crippen LogP contribution in [0.15, 0.2) is 23.0 Å². The van der Waals surface area contributed by atoms with Crippen molar-refractivity contribution < 1.29 is 0 Å². The molecule has 1 saturated heterocycles. The number of nitrogen functional groups attached to an aromatic ring is 1. The summed E-state index contributed by atoms with van der Waals surface area (Å²) in [6.45, 7) is 6.40. The average molecular weight is 272 g/mol. The molecule has 5 heteroatoms. The summed E-state index contributed by atoms with van der Waals surface area (Å²) in [4.78, 5) is 21.8. The number of nitrogens with one attached hydrogen (secondary N) is 1. The topological polar surface area (TPSA) is 75.0 Å². The second kappa shape index (κ2) is 4.81. The van der Waals surface area contributed by atoms with Gasteiger partial charge in [0.1, 0.15) is 0 Å². The molecule has 3 N–H and O–H groups in total. The van der Waals surface area contributed by atoms with Crippen LogP contribution in [-0.4, -0.2) is 23.1 Å². The number of benzene rings is 1. The van der Waals surface area contributed by atoms with Crippen molar-refractivity contribution in [2.24, 2.45) is 11.8 Å². The summed E-state index contributed by atoms with van der Waals surface area (Å²) in [5, 5.41) is 0.549. The Bertz CT molecular complexity index is 692. The highest BCUT2D eigenvalue weighted by molar-refractivity contribution is 5.81. The number of rotatable bonds is 2. The third-order valence-corrected chi connectivity index (χ3v) is 4.18. The van der Waals surface area contributed by atoms with Crippen LogP contribution in [0.3, 0.4) is 0 Å². The largest absolute Gasteiger partial charge is 0.399 e. The molecule has 0 bridgehead atoms. The van der Waals surface area contributed by atoms with Gasteiger partial charge in [0.15, 0.2) is 0 Å². The number of fused-ring (bicyclic) bond motifs is 1. The van der Waals surface area contributed by atoms with Gasteiger partial charge in [-0.1, -0.05) is 13.8 Å². The quantitative estimate of drug-likeness (QED) is 0.820. The van der Waals surface area contributed by atoms with E-state index in [1.165, 1.54) is 0 Å². The first-order valence-corrected chi connectivity index (χ1v) is 7.09. The highest BCUT2D eigenvalue weighted by atomic mass is 16.1. The average Bonchev–Trinajstić information content (AvgIpc) is 2.89. The number of nitrogens with zero attached hydrogens (tertiary/aromatic N) is 2. The SMILES string of the molecule is CC(C)C1CCN(c2nc3ccc(N)cc3c(=O)[nH]2)C1. The van der Waals surface area contributed by atoms with Gasteiger partial charge in [-0.05, 0) is 36.5 Å². The van der Waals surface area contributed by atoms with Gasteiger partial charge in [-0.3, -0.25) is 9.78 Å². The fraction of sp³-hybridized carbons (Fsp3) is 0.467. The van der Waals surface area contributed by atoms with Crippen LogP contribution < -0.4 is 16.2 Å². The molecule has 106 valence electrons. The molecule has 20 heavy (non-hydrogen) atoms. The van der Waals surface area contributed by atoms with Gasteiger partial charge in [0.25, 0.3) is 5.56 Å². The van der Waals surface area contributed by atoms with Crippen molar-refractivity contribution in [3.8, 4) is 0 Å². The lowest BCUT2D eigenvalue weighted by Gasteiger charge is -2.18. The maximum Gasteiger partial charge on any atom is 0.260 e. The van der Waals surface area contributed by atoms with Gasteiger partial charge in [0, 0.05) is 18.8 Å². The minimum atomic E-state index is -0.120. The molecule has 0 saturated carbocycles. The summed E-state index contributed by atoms with van der Waals surface area (Å²) in [5.74, 6) is 2.00. The van der Waals surface area contributed by atoms with E-state index in [9.17, 15) is 4.79 Å². The highest BCUT2D eigenvalue weighted by Crippen LogP contribution is 2.26. The van der Waals surface area contributed by atoms with Gasteiger partial charge >= 0.3 is 0 Å². The molecule has 1 aliphatic rings. The molecule has 1 aromatic carbocycles. The van der Waals surface area contributed by atoms with E-state index in [4.69, 9.17) is 5.73 Å². The summed E-state index contributed by atoms with van der Waals surface area (Å²) in [5.41, 5.74) is 6.88. The van der Waals surface area contributed by atoms with Crippen LogP contribution in [0.5, 0.6) is 0 Å². The van der Waals surface area contributed by atoms with Crippen molar-refractivity contribution in [3.05, 3.63) is 28.6 Å². The van der Waals surface area contributed by atoms with E-state index in [0.717, 1.165) is 19.5 Å². The van der Waals surface area contributed by atoms with Crippen molar-refractivity contribution in [1.82, 2.24) is 9.97 Å². The van der Waals surface area contributed by atoms with E-state index in [1.807, 2.05) is 0 Å². The Morgan fingerprint density at radius 1 is 1.45 bits per heavy atom. The third-order valence-electron chi connectivity index (χ3n) is 4.18. The number of hydrogen-bond donors (Lipinski definition) is 2. The molecule has 1 fully saturated rings. The van der Waals surface area contributed by atoms with Crippen molar-refractivity contribution >= 4 is 22.5 Å². The molecule has 0 amide bonds. The van der Waals surface area contributed by atoms with Gasteiger partial charge in [0.2, 0.25) is 5.95 Å². The summed E-state index contributed by atoms with van der Waals surface area (Å²) < 4.78 is 0. The Balaban J connectivity index is 1.98. The number of anilines is 2. The number of aromatic nitrogens is 2. The molecule has 1 atom stereocenters. The molecule has 1 aliphatic heterocycles. The lowest BCUT2D eigenvalue weighted by atomic mass is 9.95. The van der Waals surface area contributed by atoms with E-state index in [2.05, 4.69) is 28.7 Å². The van der Waals surface area contributed by atoms with Crippen molar-refractivity contribution in [1.29, 1.82) is 0 Å². The van der Waals surface area contributed by atoms with Crippen LogP contribution in [0.25, 0.3) is 10.9 Å². The monoisotopic (exact) mass is 272 g/mol. The Kier molecular flexibility index (Phi) is 3.12. The number of nitrogens with two attached hydrogens (primary N) is 1. The predicted octanol–water partition coefficient (Wildman–Crippen LogP) is 1.99. The maximum absolute atomic E-state index is 12.1. The van der Waals surface area contributed by atoms with Gasteiger partial charge in [-0.2, -0.15) is 0 Å². The van der Waals surface area contributed by atoms with E-state index < -0.39 is 0 Å². The molecule has 5 nitrogen and oxygen atoms in total. The Hall–Kier alpha value is -2.04. The first-order chi connectivity index (χ1) is 9.54. The predicted molar refractivity (Wildman–Crippen MR) is 81.9 cm³/mol. The Morgan fingerprint density at radius 2 is 2.25 bits per heavy atom. The molecule has 1 unspecified atom stereocenters. The smallest absolute Gasteiger partial charge is 0.260 e. The standard InChI is InChI=1S/C15H20N4O/c1-9(2)10-5-6-19(8-10)15-17-13-4-3-11(16)7-12(13)14(20)18-15/h3-4,7,9-10H,5-6,8,16H2,1-2H3,(H,17,18,20). The summed E-state index contributed by atoms with van der Waals surface area (Å²) in [6.07, 6.45) is 1.15. The number of aromatic amines is 1. The van der Waals surface area contributed by atoms with Crippen LogP contribution in [-0.2, 0) is 0 Å². The zero-order valence-electron chi connectivity index (χ0n) is 11.9. The lowest BCUT2D eigenvalue weighted by molar-refractivity contribution is 0.422. The van der Waals surface area contributed by atoms with Crippen LogP contribution in [0, 0.1) is 11.8 Å². The second-order valence-electron chi connectivity index (χ2n) is 5.90. The van der Waals surface area contributed by atoms with Gasteiger partial charge < -0.3 is 10.6 Å². The molecule has 2 aromatic rings. The number of H-pyrrole nitrogens is 1. The Labute approximate surface area is 117 Å². The third kappa shape index (κ3) is 2.24. The zero-order chi connectivity index (χ0) is 14.3. The van der Waals surface area contributed by atoms with Crippen molar-refractivity contribution in [3.63, 3.8) is 0 Å². The van der Waals surface area contributed by atoms with Gasteiger partial charge in [-0.25, -0.2) is 4.98 Å². The van der Waals surface area contributed by atoms with Crippen molar-refractivity contribution in [2.75, 3.05) is 23.7 Å². The number of hydrogen-bond acceptors (Lipinski definition) is 4. The molecule has 0 aliphatic carbocycles. The normalized spacial score (nSPS) is 19.1. The molecule has 2 heterocycles. The van der Waals surface area contributed by atoms with E-state index in [0.29, 0.717) is 34.4 Å². The van der Waals surface area contributed by atoms with Crippen molar-refractivity contribution in [2.45, 2.75) is 20.3 Å². The first kappa shape index (κ1) is 13.0. The van der Waals surface area contributed by atoms with Gasteiger partial charge in [-0.15, -0.1) is 0 Å². The Morgan fingerprint density at radius 3 is 2.95 bits per heavy atom. The van der Waals surface area contributed by atoms with Crippen LogP contribution in [0.2, 0.25) is 0 Å². The van der Waals surface area contributed by atoms with Crippen LogP contribution >= 0.6 is 0 Å². The summed E-state index contributed by atoms with van der Waals surface area (Å²) in [6, 6.07) is 5.25. The fourth-order valence-corrected chi connectivity index (χ4v) is 2.82. The summed E-state index contributed by atoms with van der Waals surface area (Å²) in [7, 11) is 0. The molecule has 0 spiro atoms.